The minimum Gasteiger partial charge on any atom is -0.355 e. The van der Waals surface area contributed by atoms with Gasteiger partial charge in [-0.1, -0.05) is 15.9 Å². The second-order valence-electron chi connectivity index (χ2n) is 5.14. The van der Waals surface area contributed by atoms with Crippen LogP contribution >= 0.6 is 27.3 Å². The number of halogens is 1. The third kappa shape index (κ3) is 5.61. The van der Waals surface area contributed by atoms with E-state index in [0.717, 1.165) is 4.47 Å². The lowest BCUT2D eigenvalue weighted by Crippen LogP contribution is -2.39. The first-order valence-electron chi connectivity index (χ1n) is 7.39. The van der Waals surface area contributed by atoms with Crippen molar-refractivity contribution in [3.05, 3.63) is 50.6 Å². The molecule has 0 unspecified atom stereocenters. The predicted molar refractivity (Wildman–Crippen MR) is 103 cm³/mol. The van der Waals surface area contributed by atoms with Crippen molar-refractivity contribution in [1.82, 2.24) is 10.6 Å². The van der Waals surface area contributed by atoms with Gasteiger partial charge >= 0.3 is 0 Å². The van der Waals surface area contributed by atoms with Crippen LogP contribution in [0.5, 0.6) is 0 Å². The molecule has 8 heteroatoms. The van der Waals surface area contributed by atoms with Gasteiger partial charge in [0.1, 0.15) is 0 Å². The first-order chi connectivity index (χ1) is 11.4. The normalized spacial score (nSPS) is 12.2. The molecule has 1 aromatic carbocycles. The molecule has 0 amide bonds. The highest BCUT2D eigenvalue weighted by molar-refractivity contribution is 9.10. The summed E-state index contributed by atoms with van der Waals surface area (Å²) in [5.74, 6) is 0.597. The van der Waals surface area contributed by atoms with E-state index in [1.54, 1.807) is 42.6 Å². The minimum atomic E-state index is -3.31. The van der Waals surface area contributed by atoms with E-state index in [-0.39, 0.29) is 5.75 Å². The zero-order valence-electron chi connectivity index (χ0n) is 13.5. The number of aryl methyl sites for hydroxylation is 1. The van der Waals surface area contributed by atoms with E-state index in [0.29, 0.717) is 23.9 Å². The number of benzene rings is 1. The zero-order chi connectivity index (χ0) is 17.6. The van der Waals surface area contributed by atoms with Gasteiger partial charge in [0.25, 0.3) is 0 Å². The van der Waals surface area contributed by atoms with Crippen LogP contribution in [0.1, 0.15) is 9.75 Å². The Labute approximate surface area is 155 Å². The maximum atomic E-state index is 12.3. The molecule has 0 saturated carbocycles. The van der Waals surface area contributed by atoms with Gasteiger partial charge in [-0.05, 0) is 43.3 Å². The Morgan fingerprint density at radius 3 is 2.46 bits per heavy atom. The molecular formula is C16H20BrN3O2S2. The smallest absolute Gasteiger partial charge is 0.191 e. The van der Waals surface area contributed by atoms with Crippen molar-refractivity contribution < 1.29 is 8.42 Å². The highest BCUT2D eigenvalue weighted by Gasteiger charge is 2.14. The van der Waals surface area contributed by atoms with Gasteiger partial charge in [0.2, 0.25) is 0 Å². The molecule has 0 saturated heterocycles. The van der Waals surface area contributed by atoms with Gasteiger partial charge in [-0.15, -0.1) is 11.3 Å². The highest BCUT2D eigenvalue weighted by Crippen LogP contribution is 2.16. The van der Waals surface area contributed by atoms with Crippen molar-refractivity contribution >= 4 is 43.1 Å². The number of sulfone groups is 1. The largest absolute Gasteiger partial charge is 0.355 e. The third-order valence-electron chi connectivity index (χ3n) is 3.29. The number of aliphatic imine (C=N–C) groups is 1. The van der Waals surface area contributed by atoms with Crippen LogP contribution in [0.4, 0.5) is 0 Å². The van der Waals surface area contributed by atoms with Crippen LogP contribution in [0.2, 0.25) is 0 Å². The fraction of sp³-hybridized carbons (Fsp3) is 0.312. The summed E-state index contributed by atoms with van der Waals surface area (Å²) in [7, 11) is -1.64. The van der Waals surface area contributed by atoms with E-state index < -0.39 is 9.84 Å². The molecule has 0 radical (unpaired) electrons. The van der Waals surface area contributed by atoms with Crippen LogP contribution in [0.15, 0.2) is 50.8 Å². The number of hydrogen-bond donors (Lipinski definition) is 2. The molecule has 1 aromatic heterocycles. The summed E-state index contributed by atoms with van der Waals surface area (Å²) in [6.45, 7) is 3.02. The summed E-state index contributed by atoms with van der Waals surface area (Å²) >= 11 is 5.02. The molecule has 130 valence electrons. The Hall–Kier alpha value is -1.38. The maximum Gasteiger partial charge on any atom is 0.191 e. The standard InChI is InChI=1S/C16H20BrN3O2S2/c1-12-3-6-14(23-12)11-20-16(18-2)19-9-10-24(21,22)15-7-4-13(17)5-8-15/h3-8H,9-11H2,1-2H3,(H2,18,19,20). The van der Waals surface area contributed by atoms with Crippen LogP contribution in [-0.4, -0.2) is 33.7 Å². The van der Waals surface area contributed by atoms with E-state index in [1.165, 1.54) is 9.75 Å². The molecule has 0 atom stereocenters. The summed E-state index contributed by atoms with van der Waals surface area (Å²) < 4.78 is 25.4. The SMILES string of the molecule is CN=C(NCCS(=O)(=O)c1ccc(Br)cc1)NCc1ccc(C)s1. The van der Waals surface area contributed by atoms with E-state index in [9.17, 15) is 8.42 Å². The quantitative estimate of drug-likeness (QED) is 0.546. The second-order valence-corrected chi connectivity index (χ2v) is 9.53. The average Bonchev–Trinajstić information content (AvgIpc) is 2.96. The maximum absolute atomic E-state index is 12.3. The monoisotopic (exact) mass is 429 g/mol. The Balaban J connectivity index is 1.83. The van der Waals surface area contributed by atoms with Crippen molar-refractivity contribution in [1.29, 1.82) is 0 Å². The highest BCUT2D eigenvalue weighted by atomic mass is 79.9. The van der Waals surface area contributed by atoms with E-state index in [4.69, 9.17) is 0 Å². The van der Waals surface area contributed by atoms with Gasteiger partial charge in [0.15, 0.2) is 15.8 Å². The van der Waals surface area contributed by atoms with Gasteiger partial charge in [0, 0.05) is 27.8 Å². The molecule has 2 rings (SSSR count). The first-order valence-corrected chi connectivity index (χ1v) is 10.6. The molecule has 0 bridgehead atoms. The fourth-order valence-electron chi connectivity index (χ4n) is 2.04. The summed E-state index contributed by atoms with van der Waals surface area (Å²) in [6.07, 6.45) is 0. The number of thiophene rings is 1. The van der Waals surface area contributed by atoms with Crippen LogP contribution in [-0.2, 0) is 16.4 Å². The Kier molecular flexibility index (Phi) is 6.82. The zero-order valence-corrected chi connectivity index (χ0v) is 16.8. The molecule has 0 aliphatic rings. The molecule has 24 heavy (non-hydrogen) atoms. The molecule has 2 aromatic rings. The van der Waals surface area contributed by atoms with E-state index in [1.807, 2.05) is 0 Å². The Morgan fingerprint density at radius 1 is 1.17 bits per heavy atom. The topological polar surface area (TPSA) is 70.6 Å². The molecule has 0 spiro atoms. The van der Waals surface area contributed by atoms with Crippen molar-refractivity contribution in [2.45, 2.75) is 18.4 Å². The van der Waals surface area contributed by atoms with Gasteiger partial charge in [0.05, 0.1) is 17.2 Å². The predicted octanol–water partition coefficient (Wildman–Crippen LogP) is 2.96. The Morgan fingerprint density at radius 2 is 1.88 bits per heavy atom. The van der Waals surface area contributed by atoms with Gasteiger partial charge in [-0.25, -0.2) is 8.42 Å². The molecular weight excluding hydrogens is 410 g/mol. The van der Waals surface area contributed by atoms with Gasteiger partial charge in [-0.2, -0.15) is 0 Å². The van der Waals surface area contributed by atoms with Crippen molar-refractivity contribution in [2.75, 3.05) is 19.3 Å². The number of guanidine groups is 1. The number of nitrogens with one attached hydrogen (secondary N) is 2. The molecule has 1 heterocycles. The number of hydrogen-bond acceptors (Lipinski definition) is 4. The molecule has 0 fully saturated rings. The van der Waals surface area contributed by atoms with Crippen LogP contribution in [0.3, 0.4) is 0 Å². The first kappa shape index (κ1) is 19.0. The summed E-state index contributed by atoms with van der Waals surface area (Å²) in [4.78, 5) is 6.90. The van der Waals surface area contributed by atoms with E-state index in [2.05, 4.69) is 50.6 Å². The average molecular weight is 430 g/mol. The lowest BCUT2D eigenvalue weighted by molar-refractivity contribution is 0.594. The Bertz CT molecular complexity index is 799. The van der Waals surface area contributed by atoms with Crippen molar-refractivity contribution in [2.24, 2.45) is 4.99 Å². The van der Waals surface area contributed by atoms with E-state index >= 15 is 0 Å². The lowest BCUT2D eigenvalue weighted by Gasteiger charge is -2.11. The lowest BCUT2D eigenvalue weighted by atomic mass is 10.4. The summed E-state index contributed by atoms with van der Waals surface area (Å²) in [5, 5.41) is 6.22. The van der Waals surface area contributed by atoms with Crippen molar-refractivity contribution in [3.8, 4) is 0 Å². The number of nitrogens with zero attached hydrogens (tertiary/aromatic N) is 1. The molecule has 5 nitrogen and oxygen atoms in total. The van der Waals surface area contributed by atoms with Crippen LogP contribution in [0.25, 0.3) is 0 Å². The van der Waals surface area contributed by atoms with Crippen molar-refractivity contribution in [3.63, 3.8) is 0 Å². The second kappa shape index (κ2) is 8.64. The minimum absolute atomic E-state index is 0.00738. The van der Waals surface area contributed by atoms with Gasteiger partial charge < -0.3 is 10.6 Å². The molecule has 2 N–H and O–H groups in total. The third-order valence-corrected chi connectivity index (χ3v) is 6.55. The van der Waals surface area contributed by atoms with Gasteiger partial charge in [-0.3, -0.25) is 4.99 Å². The van der Waals surface area contributed by atoms with Crippen LogP contribution < -0.4 is 10.6 Å². The molecule has 0 aliphatic carbocycles. The summed E-state index contributed by atoms with van der Waals surface area (Å²) in [6, 6.07) is 10.8. The number of rotatable bonds is 6. The van der Waals surface area contributed by atoms with Crippen LogP contribution in [0, 0.1) is 6.92 Å². The fourth-order valence-corrected chi connectivity index (χ4v) is 4.29. The molecule has 0 aliphatic heterocycles. The summed E-state index contributed by atoms with van der Waals surface area (Å²) in [5.41, 5.74) is 0.